The van der Waals surface area contributed by atoms with Crippen molar-refractivity contribution in [3.05, 3.63) is 50.2 Å². The third kappa shape index (κ3) is 4.26. The second kappa shape index (κ2) is 9.03. The molecule has 1 aromatic carbocycles. The quantitative estimate of drug-likeness (QED) is 0.535. The lowest BCUT2D eigenvalue weighted by atomic mass is 10.1. The number of nitro groups is 1. The van der Waals surface area contributed by atoms with Gasteiger partial charge in [-0.3, -0.25) is 19.8 Å². The van der Waals surface area contributed by atoms with Gasteiger partial charge >= 0.3 is 0 Å². The van der Waals surface area contributed by atoms with Crippen molar-refractivity contribution in [1.82, 2.24) is 10.2 Å². The lowest BCUT2D eigenvalue weighted by Gasteiger charge is -2.27. The van der Waals surface area contributed by atoms with Gasteiger partial charge in [-0.2, -0.15) is 11.3 Å². The Bertz CT molecular complexity index is 834. The summed E-state index contributed by atoms with van der Waals surface area (Å²) in [4.78, 5) is 26.0. The Morgan fingerprint density at radius 2 is 1.96 bits per heavy atom. The lowest BCUT2D eigenvalue weighted by molar-refractivity contribution is -0.385. The van der Waals surface area contributed by atoms with Crippen LogP contribution in [0.25, 0.3) is 0 Å². The van der Waals surface area contributed by atoms with Crippen LogP contribution in [0.3, 0.4) is 0 Å². The molecular formula is C19H23N3O5S. The van der Waals surface area contributed by atoms with Crippen LogP contribution < -0.4 is 14.8 Å². The maximum absolute atomic E-state index is 12.8. The average molecular weight is 405 g/mol. The molecule has 2 heterocycles. The second-order valence-corrected chi connectivity index (χ2v) is 7.29. The van der Waals surface area contributed by atoms with Crippen molar-refractivity contribution in [1.29, 1.82) is 0 Å². The number of nitrogens with one attached hydrogen (secondary N) is 1. The molecule has 0 bridgehead atoms. The van der Waals surface area contributed by atoms with Crippen molar-refractivity contribution in [3.8, 4) is 11.5 Å². The van der Waals surface area contributed by atoms with E-state index in [1.54, 1.807) is 11.3 Å². The zero-order chi connectivity index (χ0) is 20.1. The van der Waals surface area contributed by atoms with Gasteiger partial charge in [0, 0.05) is 12.6 Å². The summed E-state index contributed by atoms with van der Waals surface area (Å²) in [5.41, 5.74) is 0.783. The largest absolute Gasteiger partial charge is 0.493 e. The number of amides is 1. The molecule has 150 valence electrons. The molecule has 0 aliphatic carbocycles. The van der Waals surface area contributed by atoms with E-state index < -0.39 is 10.8 Å². The smallest absolute Gasteiger partial charge is 0.286 e. The van der Waals surface area contributed by atoms with Crippen LogP contribution >= 0.6 is 11.3 Å². The molecule has 2 aromatic rings. The van der Waals surface area contributed by atoms with Crippen molar-refractivity contribution in [3.63, 3.8) is 0 Å². The molecule has 1 aliphatic heterocycles. The first kappa shape index (κ1) is 20.1. The van der Waals surface area contributed by atoms with Gasteiger partial charge in [-0.1, -0.05) is 0 Å². The third-order valence-corrected chi connectivity index (χ3v) is 5.61. The average Bonchev–Trinajstić information content (AvgIpc) is 3.41. The minimum atomic E-state index is -0.590. The number of hydrogen-bond donors (Lipinski definition) is 1. The standard InChI is InChI=1S/C19H23N3O5S/c1-26-17-9-14(15(22(24)25)10-18(17)27-2)19(23)20-11-16(13-5-8-28-12-13)21-6-3-4-7-21/h5,8-10,12,16H,3-4,6-7,11H2,1-2H3,(H,20,23). The Hall–Kier alpha value is -2.65. The van der Waals surface area contributed by atoms with Crippen LogP contribution in [0.4, 0.5) is 5.69 Å². The molecular weight excluding hydrogens is 382 g/mol. The number of hydrogen-bond acceptors (Lipinski definition) is 7. The third-order valence-electron chi connectivity index (χ3n) is 4.91. The summed E-state index contributed by atoms with van der Waals surface area (Å²) in [6.07, 6.45) is 2.27. The molecule has 3 rings (SSSR count). The first-order chi connectivity index (χ1) is 13.5. The van der Waals surface area contributed by atoms with Gasteiger partial charge in [0.15, 0.2) is 11.5 Å². The van der Waals surface area contributed by atoms with Crippen LogP contribution in [-0.2, 0) is 0 Å². The molecule has 0 saturated carbocycles. The molecule has 1 aromatic heterocycles. The van der Waals surface area contributed by atoms with Crippen LogP contribution in [0.1, 0.15) is 34.8 Å². The lowest BCUT2D eigenvalue weighted by Crippen LogP contribution is -2.36. The predicted octanol–water partition coefficient (Wildman–Crippen LogP) is 3.24. The highest BCUT2D eigenvalue weighted by molar-refractivity contribution is 7.07. The fourth-order valence-electron chi connectivity index (χ4n) is 3.46. The van der Waals surface area contributed by atoms with Gasteiger partial charge in [0.05, 0.1) is 31.3 Å². The van der Waals surface area contributed by atoms with E-state index in [0.717, 1.165) is 31.5 Å². The van der Waals surface area contributed by atoms with Crippen LogP contribution in [0.5, 0.6) is 11.5 Å². The molecule has 1 amide bonds. The van der Waals surface area contributed by atoms with Gasteiger partial charge in [0.2, 0.25) is 0 Å². The molecule has 9 heteroatoms. The number of methoxy groups -OCH3 is 2. The van der Waals surface area contributed by atoms with Crippen LogP contribution in [0.15, 0.2) is 29.0 Å². The van der Waals surface area contributed by atoms with Gasteiger partial charge in [0.25, 0.3) is 11.6 Å². The predicted molar refractivity (Wildman–Crippen MR) is 106 cm³/mol. The Morgan fingerprint density at radius 3 is 2.54 bits per heavy atom. The summed E-state index contributed by atoms with van der Waals surface area (Å²) in [5.74, 6) is -0.0294. The molecule has 1 N–H and O–H groups in total. The Labute approximate surface area is 167 Å². The Kier molecular flexibility index (Phi) is 6.48. The summed E-state index contributed by atoms with van der Waals surface area (Å²) in [6, 6.07) is 4.67. The summed E-state index contributed by atoms with van der Waals surface area (Å²) in [5, 5.41) is 18.4. The number of rotatable bonds is 8. The highest BCUT2D eigenvalue weighted by Gasteiger charge is 2.27. The Balaban J connectivity index is 1.82. The molecule has 0 radical (unpaired) electrons. The van der Waals surface area contributed by atoms with Crippen molar-refractivity contribution >= 4 is 22.9 Å². The SMILES string of the molecule is COc1cc(C(=O)NCC(c2ccsc2)N2CCCC2)c([N+](=O)[O-])cc1OC. The summed E-state index contributed by atoms with van der Waals surface area (Å²) in [6.45, 7) is 2.33. The first-order valence-electron chi connectivity index (χ1n) is 9.00. The first-order valence-corrected chi connectivity index (χ1v) is 9.94. The van der Waals surface area contributed by atoms with E-state index in [0.29, 0.717) is 6.54 Å². The number of ether oxygens (including phenoxy) is 2. The van der Waals surface area contributed by atoms with E-state index in [1.165, 1.54) is 26.4 Å². The minimum absolute atomic E-state index is 0.0480. The fourth-order valence-corrected chi connectivity index (χ4v) is 4.17. The highest BCUT2D eigenvalue weighted by Crippen LogP contribution is 2.34. The molecule has 0 spiro atoms. The van der Waals surface area contributed by atoms with Gasteiger partial charge in [-0.25, -0.2) is 0 Å². The van der Waals surface area contributed by atoms with E-state index in [-0.39, 0.29) is 28.8 Å². The van der Waals surface area contributed by atoms with Gasteiger partial charge in [0.1, 0.15) is 5.56 Å². The van der Waals surface area contributed by atoms with E-state index >= 15 is 0 Å². The number of benzene rings is 1. The fraction of sp³-hybridized carbons (Fsp3) is 0.421. The van der Waals surface area contributed by atoms with Gasteiger partial charge in [-0.15, -0.1) is 0 Å². The zero-order valence-electron chi connectivity index (χ0n) is 15.8. The number of carbonyl (C=O) groups is 1. The maximum Gasteiger partial charge on any atom is 0.286 e. The van der Waals surface area contributed by atoms with Gasteiger partial charge in [-0.05, 0) is 48.3 Å². The van der Waals surface area contributed by atoms with E-state index in [2.05, 4.69) is 21.7 Å². The normalized spacial score (nSPS) is 15.2. The van der Waals surface area contributed by atoms with Crippen LogP contribution in [-0.4, -0.2) is 49.6 Å². The monoisotopic (exact) mass is 405 g/mol. The Morgan fingerprint density at radius 1 is 1.29 bits per heavy atom. The molecule has 8 nitrogen and oxygen atoms in total. The summed E-state index contributed by atoms with van der Waals surface area (Å²) >= 11 is 1.61. The number of likely N-dealkylation sites (tertiary alicyclic amines) is 1. The van der Waals surface area contributed by atoms with E-state index in [1.807, 2.05) is 5.38 Å². The molecule has 1 unspecified atom stereocenters. The second-order valence-electron chi connectivity index (χ2n) is 6.51. The maximum atomic E-state index is 12.8. The van der Waals surface area contributed by atoms with E-state index in [9.17, 15) is 14.9 Å². The van der Waals surface area contributed by atoms with Crippen molar-refractivity contribution < 1.29 is 19.2 Å². The van der Waals surface area contributed by atoms with Crippen molar-refractivity contribution in [2.45, 2.75) is 18.9 Å². The minimum Gasteiger partial charge on any atom is -0.493 e. The topological polar surface area (TPSA) is 93.9 Å². The van der Waals surface area contributed by atoms with E-state index in [4.69, 9.17) is 9.47 Å². The number of carbonyl (C=O) groups excluding carboxylic acids is 1. The van der Waals surface area contributed by atoms with Gasteiger partial charge < -0.3 is 14.8 Å². The van der Waals surface area contributed by atoms with Crippen molar-refractivity contribution in [2.75, 3.05) is 33.9 Å². The molecule has 1 atom stereocenters. The van der Waals surface area contributed by atoms with Crippen LogP contribution in [0, 0.1) is 10.1 Å². The molecule has 1 saturated heterocycles. The molecule has 1 fully saturated rings. The number of nitrogens with zero attached hydrogens (tertiary/aromatic N) is 2. The summed E-state index contributed by atoms with van der Waals surface area (Å²) < 4.78 is 10.3. The summed E-state index contributed by atoms with van der Waals surface area (Å²) in [7, 11) is 2.81. The van der Waals surface area contributed by atoms with Crippen molar-refractivity contribution in [2.24, 2.45) is 0 Å². The molecule has 1 aliphatic rings. The zero-order valence-corrected chi connectivity index (χ0v) is 16.7. The number of nitro benzene ring substituents is 1. The molecule has 28 heavy (non-hydrogen) atoms. The van der Waals surface area contributed by atoms with Crippen LogP contribution in [0.2, 0.25) is 0 Å². The number of thiophene rings is 1. The highest BCUT2D eigenvalue weighted by atomic mass is 32.1.